The number of anilines is 3. The van der Waals surface area contributed by atoms with Crippen LogP contribution in [-0.4, -0.2) is 51.8 Å². The van der Waals surface area contributed by atoms with Crippen LogP contribution < -0.4 is 10.6 Å². The number of benzene rings is 2. The second-order valence-electron chi connectivity index (χ2n) is 7.16. The molecule has 0 saturated carbocycles. The van der Waals surface area contributed by atoms with Crippen LogP contribution in [0.25, 0.3) is 11.3 Å². The minimum atomic E-state index is -3.44. The molecular weight excluding hydrogens is 466 g/mol. The van der Waals surface area contributed by atoms with E-state index in [2.05, 4.69) is 36.0 Å². The monoisotopic (exact) mass is 485 g/mol. The highest BCUT2D eigenvalue weighted by Crippen LogP contribution is 2.30. The third-order valence-electron chi connectivity index (χ3n) is 4.78. The van der Waals surface area contributed by atoms with Gasteiger partial charge in [0.05, 0.1) is 40.0 Å². The molecular formula is C21H20ClN7O3S. The van der Waals surface area contributed by atoms with Crippen molar-refractivity contribution in [1.82, 2.24) is 25.4 Å². The third kappa shape index (κ3) is 5.28. The molecule has 2 aromatic carbocycles. The van der Waals surface area contributed by atoms with Crippen molar-refractivity contribution in [3.8, 4) is 11.3 Å². The van der Waals surface area contributed by atoms with Crippen LogP contribution in [0, 0.1) is 0 Å². The van der Waals surface area contributed by atoms with Crippen molar-refractivity contribution in [3.05, 3.63) is 71.5 Å². The standard InChI is InChI=1S/C21H20ClN7O3S/c1-33(31,32)19-8-7-14(9-16(19)22)25-21-23-10-15(17-11-24-29-28-17)20(27-21)26-18(12-30)13-5-3-2-4-6-13/h2-11,18,30H,12H2,1H3,(H,24,28,29)(H2,23,25,26,27)/t18-/m1/s1. The maximum Gasteiger partial charge on any atom is 0.229 e. The number of H-pyrrole nitrogens is 1. The lowest BCUT2D eigenvalue weighted by molar-refractivity contribution is 0.276. The van der Waals surface area contributed by atoms with Gasteiger partial charge in [-0.3, -0.25) is 5.10 Å². The molecule has 170 valence electrons. The summed E-state index contributed by atoms with van der Waals surface area (Å²) in [7, 11) is -3.44. The Hall–Kier alpha value is -3.54. The first-order valence-electron chi connectivity index (χ1n) is 9.77. The van der Waals surface area contributed by atoms with Gasteiger partial charge in [0, 0.05) is 18.1 Å². The Kier molecular flexibility index (Phi) is 6.54. The Balaban J connectivity index is 1.67. The molecule has 0 aliphatic rings. The average molecular weight is 486 g/mol. The molecule has 0 amide bonds. The van der Waals surface area contributed by atoms with Gasteiger partial charge in [-0.15, -0.1) is 5.10 Å². The topological polar surface area (TPSA) is 146 Å². The molecule has 1 atom stereocenters. The number of nitrogens with zero attached hydrogens (tertiary/aromatic N) is 4. The first kappa shape index (κ1) is 22.6. The lowest BCUT2D eigenvalue weighted by Gasteiger charge is -2.19. The normalized spacial score (nSPS) is 12.3. The van der Waals surface area contributed by atoms with E-state index in [9.17, 15) is 13.5 Å². The molecule has 0 aliphatic heterocycles. The fourth-order valence-corrected chi connectivity index (χ4v) is 4.50. The van der Waals surface area contributed by atoms with Crippen LogP contribution >= 0.6 is 11.6 Å². The summed E-state index contributed by atoms with van der Waals surface area (Å²) in [6, 6.07) is 13.5. The molecule has 0 radical (unpaired) electrons. The lowest BCUT2D eigenvalue weighted by atomic mass is 10.1. The summed E-state index contributed by atoms with van der Waals surface area (Å²) in [5, 5.41) is 26.7. The van der Waals surface area contributed by atoms with Crippen molar-refractivity contribution in [2.45, 2.75) is 10.9 Å². The maximum absolute atomic E-state index is 11.8. The van der Waals surface area contributed by atoms with Crippen LogP contribution in [0.3, 0.4) is 0 Å². The molecule has 4 N–H and O–H groups in total. The summed E-state index contributed by atoms with van der Waals surface area (Å²) in [5.41, 5.74) is 2.58. The largest absolute Gasteiger partial charge is 0.394 e. The first-order chi connectivity index (χ1) is 15.8. The van der Waals surface area contributed by atoms with Crippen molar-refractivity contribution in [2.24, 2.45) is 0 Å². The molecule has 10 nitrogen and oxygen atoms in total. The number of aliphatic hydroxyl groups excluding tert-OH is 1. The van der Waals surface area contributed by atoms with Crippen LogP contribution in [0.5, 0.6) is 0 Å². The Labute approximate surface area is 195 Å². The fraction of sp³-hybridized carbons (Fsp3) is 0.143. The number of aliphatic hydroxyl groups is 1. The fourth-order valence-electron chi connectivity index (χ4n) is 3.17. The van der Waals surface area contributed by atoms with Gasteiger partial charge in [-0.1, -0.05) is 47.1 Å². The zero-order valence-corrected chi connectivity index (χ0v) is 19.0. The molecule has 4 rings (SSSR count). The van der Waals surface area contributed by atoms with Gasteiger partial charge in [-0.25, -0.2) is 13.4 Å². The molecule has 0 unspecified atom stereocenters. The number of aromatic nitrogens is 5. The van der Waals surface area contributed by atoms with Crippen molar-refractivity contribution in [1.29, 1.82) is 0 Å². The Morgan fingerprint density at radius 3 is 2.58 bits per heavy atom. The van der Waals surface area contributed by atoms with Crippen LogP contribution in [0.15, 0.2) is 65.8 Å². The summed E-state index contributed by atoms with van der Waals surface area (Å²) >= 11 is 6.14. The van der Waals surface area contributed by atoms with Gasteiger partial charge >= 0.3 is 0 Å². The zero-order valence-electron chi connectivity index (χ0n) is 17.4. The van der Waals surface area contributed by atoms with E-state index in [1.54, 1.807) is 12.3 Å². The van der Waals surface area contributed by atoms with E-state index in [4.69, 9.17) is 11.6 Å². The van der Waals surface area contributed by atoms with Gasteiger partial charge in [-0.2, -0.15) is 4.98 Å². The summed E-state index contributed by atoms with van der Waals surface area (Å²) in [6.07, 6.45) is 4.21. The SMILES string of the molecule is CS(=O)(=O)c1ccc(Nc2ncc(-c3cnn[nH]3)c(N[C@H](CO)c3ccccc3)n2)cc1Cl. The zero-order chi connectivity index (χ0) is 23.4. The van der Waals surface area contributed by atoms with Gasteiger partial charge in [-0.05, 0) is 23.8 Å². The van der Waals surface area contributed by atoms with Crippen molar-refractivity contribution in [3.63, 3.8) is 0 Å². The lowest BCUT2D eigenvalue weighted by Crippen LogP contribution is -2.17. The van der Waals surface area contributed by atoms with Gasteiger partial charge in [0.2, 0.25) is 5.95 Å². The minimum Gasteiger partial charge on any atom is -0.394 e. The van der Waals surface area contributed by atoms with E-state index in [0.29, 0.717) is 22.8 Å². The molecule has 12 heteroatoms. The van der Waals surface area contributed by atoms with E-state index < -0.39 is 15.9 Å². The van der Waals surface area contributed by atoms with E-state index >= 15 is 0 Å². The molecule has 0 aliphatic carbocycles. The number of halogens is 1. The van der Waals surface area contributed by atoms with Crippen molar-refractivity contribution < 1.29 is 13.5 Å². The van der Waals surface area contributed by atoms with Crippen LogP contribution in [-0.2, 0) is 9.84 Å². The molecule has 0 saturated heterocycles. The van der Waals surface area contributed by atoms with E-state index in [1.807, 2.05) is 30.3 Å². The minimum absolute atomic E-state index is 0.0359. The van der Waals surface area contributed by atoms with Crippen molar-refractivity contribution in [2.75, 3.05) is 23.5 Å². The highest BCUT2D eigenvalue weighted by atomic mass is 35.5. The van der Waals surface area contributed by atoms with Gasteiger partial charge in [0.15, 0.2) is 9.84 Å². The van der Waals surface area contributed by atoms with E-state index in [-0.39, 0.29) is 22.5 Å². The molecule has 4 aromatic rings. The average Bonchev–Trinajstić information content (AvgIpc) is 3.32. The summed E-state index contributed by atoms with van der Waals surface area (Å²) in [6.45, 7) is -0.167. The Morgan fingerprint density at radius 1 is 1.15 bits per heavy atom. The summed E-state index contributed by atoms with van der Waals surface area (Å²) in [4.78, 5) is 8.93. The molecule has 33 heavy (non-hydrogen) atoms. The van der Waals surface area contributed by atoms with E-state index in [0.717, 1.165) is 11.8 Å². The third-order valence-corrected chi connectivity index (χ3v) is 6.36. The number of hydrogen-bond donors (Lipinski definition) is 4. The second-order valence-corrected chi connectivity index (χ2v) is 9.55. The van der Waals surface area contributed by atoms with Crippen molar-refractivity contribution >= 4 is 38.9 Å². The van der Waals surface area contributed by atoms with Gasteiger partial charge in [0.1, 0.15) is 5.82 Å². The number of nitrogens with one attached hydrogen (secondary N) is 3. The maximum atomic E-state index is 11.8. The van der Waals surface area contributed by atoms with Gasteiger partial charge in [0.25, 0.3) is 0 Å². The predicted molar refractivity (Wildman–Crippen MR) is 125 cm³/mol. The van der Waals surface area contributed by atoms with Gasteiger partial charge < -0.3 is 15.7 Å². The smallest absolute Gasteiger partial charge is 0.229 e. The highest BCUT2D eigenvalue weighted by Gasteiger charge is 2.18. The summed E-state index contributed by atoms with van der Waals surface area (Å²) in [5.74, 6) is 0.668. The number of rotatable bonds is 8. The van der Waals surface area contributed by atoms with E-state index in [1.165, 1.54) is 18.3 Å². The molecule has 2 aromatic heterocycles. The highest BCUT2D eigenvalue weighted by molar-refractivity contribution is 7.90. The molecule has 0 spiro atoms. The molecule has 0 fully saturated rings. The number of sulfone groups is 1. The number of aromatic amines is 1. The predicted octanol–water partition coefficient (Wildman–Crippen LogP) is 3.21. The molecule has 0 bridgehead atoms. The molecule has 2 heterocycles. The Bertz CT molecular complexity index is 1350. The van der Waals surface area contributed by atoms with Crippen LogP contribution in [0.1, 0.15) is 11.6 Å². The van der Waals surface area contributed by atoms with Crippen LogP contribution in [0.2, 0.25) is 5.02 Å². The van der Waals surface area contributed by atoms with Crippen LogP contribution in [0.4, 0.5) is 17.5 Å². The Morgan fingerprint density at radius 2 is 1.94 bits per heavy atom. The number of hydrogen-bond acceptors (Lipinski definition) is 9. The summed E-state index contributed by atoms with van der Waals surface area (Å²) < 4.78 is 23.6. The second kappa shape index (κ2) is 9.53. The first-order valence-corrected chi connectivity index (χ1v) is 12.0. The quantitative estimate of drug-likeness (QED) is 0.295.